The van der Waals surface area contributed by atoms with Gasteiger partial charge < -0.3 is 9.47 Å². The molecule has 24 heavy (non-hydrogen) atoms. The van der Waals surface area contributed by atoms with Crippen molar-refractivity contribution in [2.45, 2.75) is 70.5 Å². The third kappa shape index (κ3) is 11.0. The van der Waals surface area contributed by atoms with Crippen LogP contribution in [0.4, 0.5) is 0 Å². The van der Waals surface area contributed by atoms with Crippen LogP contribution in [-0.4, -0.2) is 25.3 Å². The number of methoxy groups -OCH3 is 1. The fourth-order valence-corrected chi connectivity index (χ4v) is 2.37. The Kier molecular flexibility index (Phi) is 11.7. The molecule has 0 aliphatic carbocycles. The normalized spacial score (nSPS) is 20.8. The summed E-state index contributed by atoms with van der Waals surface area (Å²) >= 11 is 0. The minimum absolute atomic E-state index is 0.145. The van der Waals surface area contributed by atoms with Gasteiger partial charge in [-0.3, -0.25) is 4.79 Å². The van der Waals surface area contributed by atoms with Crippen molar-refractivity contribution in [3.63, 3.8) is 0 Å². The first kappa shape index (κ1) is 20.4. The minimum atomic E-state index is -0.145. The molecule has 1 aliphatic rings. The first-order chi connectivity index (χ1) is 11.8. The zero-order valence-corrected chi connectivity index (χ0v) is 15.2. The first-order valence-electron chi connectivity index (χ1n) is 9.15. The molecule has 1 heterocycles. The van der Waals surface area contributed by atoms with Gasteiger partial charge in [0.15, 0.2) is 0 Å². The predicted octanol–water partition coefficient (Wildman–Crippen LogP) is 5.29. The fourth-order valence-electron chi connectivity index (χ4n) is 2.37. The summed E-state index contributed by atoms with van der Waals surface area (Å²) < 4.78 is 10.1. The molecule has 0 spiro atoms. The summed E-state index contributed by atoms with van der Waals surface area (Å²) in [4.78, 5) is 11.0. The van der Waals surface area contributed by atoms with E-state index in [2.05, 4.69) is 42.0 Å². The highest BCUT2D eigenvalue weighted by atomic mass is 16.6. The van der Waals surface area contributed by atoms with Gasteiger partial charge in [-0.1, -0.05) is 68.4 Å². The van der Waals surface area contributed by atoms with Crippen molar-refractivity contribution in [1.29, 1.82) is 0 Å². The van der Waals surface area contributed by atoms with Gasteiger partial charge in [0.1, 0.15) is 6.10 Å². The molecule has 1 saturated heterocycles. The van der Waals surface area contributed by atoms with E-state index in [0.717, 1.165) is 19.3 Å². The first-order valence-corrected chi connectivity index (χ1v) is 9.15. The molecule has 2 atom stereocenters. The van der Waals surface area contributed by atoms with Crippen molar-refractivity contribution in [1.82, 2.24) is 0 Å². The Morgan fingerprint density at radius 2 is 1.88 bits per heavy atom. The summed E-state index contributed by atoms with van der Waals surface area (Å²) in [5.74, 6) is -0.145. The van der Waals surface area contributed by atoms with Crippen LogP contribution in [-0.2, 0) is 14.3 Å². The van der Waals surface area contributed by atoms with Crippen molar-refractivity contribution in [3.05, 3.63) is 48.6 Å². The molecule has 0 bridgehead atoms. The van der Waals surface area contributed by atoms with Crippen LogP contribution in [0.5, 0.6) is 0 Å². The second-order valence-electron chi connectivity index (χ2n) is 6.01. The molecule has 0 aromatic heterocycles. The number of rotatable bonds is 13. The van der Waals surface area contributed by atoms with Crippen molar-refractivity contribution in [3.8, 4) is 0 Å². The Hall–Kier alpha value is -1.61. The molecule has 3 heteroatoms. The number of unbranched alkanes of at least 4 members (excludes halogenated alkanes) is 3. The molecule has 134 valence electrons. The van der Waals surface area contributed by atoms with Gasteiger partial charge in [0, 0.05) is 6.42 Å². The number of hydrogen-bond acceptors (Lipinski definition) is 3. The highest BCUT2D eigenvalue weighted by molar-refractivity contribution is 5.68. The van der Waals surface area contributed by atoms with Gasteiger partial charge in [0.05, 0.1) is 13.2 Å². The zero-order valence-electron chi connectivity index (χ0n) is 15.2. The average Bonchev–Trinajstić information content (AvgIpc) is 3.34. The van der Waals surface area contributed by atoms with Gasteiger partial charge >= 0.3 is 5.97 Å². The summed E-state index contributed by atoms with van der Waals surface area (Å²) in [6, 6.07) is 0. The Balaban J connectivity index is 2.00. The Morgan fingerprint density at radius 3 is 2.67 bits per heavy atom. The van der Waals surface area contributed by atoms with Crippen molar-refractivity contribution < 1.29 is 14.3 Å². The van der Waals surface area contributed by atoms with E-state index in [4.69, 9.17) is 4.74 Å². The van der Waals surface area contributed by atoms with E-state index in [1.54, 1.807) is 0 Å². The van der Waals surface area contributed by atoms with E-state index >= 15 is 0 Å². The van der Waals surface area contributed by atoms with Crippen LogP contribution in [0.2, 0.25) is 0 Å². The quantitative estimate of drug-likeness (QED) is 0.151. The van der Waals surface area contributed by atoms with Crippen LogP contribution in [0.3, 0.4) is 0 Å². The van der Waals surface area contributed by atoms with Crippen LogP contribution in [0, 0.1) is 0 Å². The molecule has 0 saturated carbocycles. The topological polar surface area (TPSA) is 38.8 Å². The molecule has 1 aliphatic heterocycles. The minimum Gasteiger partial charge on any atom is -0.469 e. The van der Waals surface area contributed by atoms with Gasteiger partial charge in [-0.15, -0.1) is 0 Å². The van der Waals surface area contributed by atoms with Crippen LogP contribution in [0.15, 0.2) is 48.6 Å². The van der Waals surface area contributed by atoms with Crippen molar-refractivity contribution in [2.24, 2.45) is 0 Å². The zero-order chi connectivity index (χ0) is 17.5. The molecular formula is C21H32O3. The highest BCUT2D eigenvalue weighted by Gasteiger charge is 2.35. The van der Waals surface area contributed by atoms with Crippen LogP contribution < -0.4 is 0 Å². The van der Waals surface area contributed by atoms with E-state index in [1.165, 1.54) is 32.8 Å². The summed E-state index contributed by atoms with van der Waals surface area (Å²) in [7, 11) is 1.42. The maximum absolute atomic E-state index is 11.0. The summed E-state index contributed by atoms with van der Waals surface area (Å²) in [6.45, 7) is 2.23. The van der Waals surface area contributed by atoms with Gasteiger partial charge in [-0.05, 0) is 32.1 Å². The highest BCUT2D eigenvalue weighted by Crippen LogP contribution is 2.28. The molecule has 1 unspecified atom stereocenters. The maximum atomic E-state index is 11.0. The van der Waals surface area contributed by atoms with E-state index in [0.29, 0.717) is 6.42 Å². The number of ether oxygens (including phenoxy) is 2. The van der Waals surface area contributed by atoms with Gasteiger partial charge in [-0.25, -0.2) is 0 Å². The number of allylic oxidation sites excluding steroid dienone is 7. The molecule has 0 N–H and O–H groups in total. The smallest absolute Gasteiger partial charge is 0.305 e. The van der Waals surface area contributed by atoms with Gasteiger partial charge in [0.25, 0.3) is 0 Å². The molecule has 1 rings (SSSR count). The molecule has 0 radical (unpaired) electrons. The number of epoxide rings is 1. The SMILES string of the molecule is CCCCC/C=C/C/C=C/C=C/C=C/C1O[C@@H]1CCCC(=O)OC. The lowest BCUT2D eigenvalue weighted by Crippen LogP contribution is -2.01. The average molecular weight is 332 g/mol. The summed E-state index contributed by atoms with van der Waals surface area (Å²) in [5, 5.41) is 0. The molecule has 1 fully saturated rings. The Morgan fingerprint density at radius 1 is 1.04 bits per heavy atom. The standard InChI is InChI=1S/C21H32O3/c1-3-4-5-6-7-8-9-10-11-12-13-14-16-19-20(24-19)17-15-18-21(22)23-2/h7-8,10-14,16,19-20H,3-6,9,15,17-18H2,1-2H3/b8-7+,11-10+,13-12+,16-14+/t19?,20-/m1/s1. The van der Waals surface area contributed by atoms with E-state index in [-0.39, 0.29) is 18.2 Å². The molecule has 3 nitrogen and oxygen atoms in total. The summed E-state index contributed by atoms with van der Waals surface area (Å²) in [6.07, 6.45) is 25.7. The monoisotopic (exact) mass is 332 g/mol. The van der Waals surface area contributed by atoms with Crippen LogP contribution >= 0.6 is 0 Å². The third-order valence-electron chi connectivity index (χ3n) is 3.90. The van der Waals surface area contributed by atoms with Gasteiger partial charge in [0.2, 0.25) is 0 Å². The lowest BCUT2D eigenvalue weighted by Gasteiger charge is -1.96. The lowest BCUT2D eigenvalue weighted by atomic mass is 10.1. The lowest BCUT2D eigenvalue weighted by molar-refractivity contribution is -0.140. The Labute approximate surface area is 147 Å². The Bertz CT molecular complexity index is 446. The molecule has 0 amide bonds. The van der Waals surface area contributed by atoms with Gasteiger partial charge in [-0.2, -0.15) is 0 Å². The molecular weight excluding hydrogens is 300 g/mol. The maximum Gasteiger partial charge on any atom is 0.305 e. The van der Waals surface area contributed by atoms with Crippen molar-refractivity contribution >= 4 is 5.97 Å². The van der Waals surface area contributed by atoms with E-state index in [9.17, 15) is 4.79 Å². The van der Waals surface area contributed by atoms with Crippen LogP contribution in [0.25, 0.3) is 0 Å². The number of carbonyl (C=O) groups excluding carboxylic acids is 1. The van der Waals surface area contributed by atoms with Crippen molar-refractivity contribution in [2.75, 3.05) is 7.11 Å². The molecule has 0 aromatic carbocycles. The number of esters is 1. The largest absolute Gasteiger partial charge is 0.469 e. The van der Waals surface area contributed by atoms with E-state index < -0.39 is 0 Å². The van der Waals surface area contributed by atoms with E-state index in [1.807, 2.05) is 18.2 Å². The summed E-state index contributed by atoms with van der Waals surface area (Å²) in [5.41, 5.74) is 0. The number of hydrogen-bond donors (Lipinski definition) is 0. The fraction of sp³-hybridized carbons (Fsp3) is 0.571. The number of carbonyl (C=O) groups is 1. The van der Waals surface area contributed by atoms with Crippen LogP contribution in [0.1, 0.15) is 58.3 Å². The second kappa shape index (κ2) is 13.8. The predicted molar refractivity (Wildman–Crippen MR) is 99.8 cm³/mol. The third-order valence-corrected chi connectivity index (χ3v) is 3.90. The molecule has 0 aromatic rings. The second-order valence-corrected chi connectivity index (χ2v) is 6.01.